The van der Waals surface area contributed by atoms with Gasteiger partial charge in [-0.25, -0.2) is 4.79 Å². The number of carbonyl (C=O) groups is 1. The van der Waals surface area contributed by atoms with Crippen LogP contribution in [0, 0.1) is 22.7 Å². The van der Waals surface area contributed by atoms with Gasteiger partial charge < -0.3 is 9.57 Å². The number of nitriles is 2. The SMILES string of the molecule is CCOC(=O)C(C#N)=NOCC#N. The summed E-state index contributed by atoms with van der Waals surface area (Å²) in [5, 5.41) is 19.5. The minimum Gasteiger partial charge on any atom is -0.461 e. The highest BCUT2D eigenvalue weighted by atomic mass is 16.6. The molecule has 0 aromatic heterocycles. The lowest BCUT2D eigenvalue weighted by Crippen LogP contribution is -2.16. The molecular formula is C7H7N3O3. The molecule has 0 bridgehead atoms. The van der Waals surface area contributed by atoms with Crippen molar-refractivity contribution in [3.63, 3.8) is 0 Å². The van der Waals surface area contributed by atoms with Gasteiger partial charge in [-0.3, -0.25) is 0 Å². The number of ether oxygens (including phenoxy) is 1. The first-order chi connectivity index (χ1) is 6.26. The molecule has 0 amide bonds. The third-order valence-electron chi connectivity index (χ3n) is 0.860. The van der Waals surface area contributed by atoms with Gasteiger partial charge in [0.1, 0.15) is 12.1 Å². The van der Waals surface area contributed by atoms with Gasteiger partial charge in [-0.1, -0.05) is 5.16 Å². The lowest BCUT2D eigenvalue weighted by molar-refractivity contribution is -0.135. The first kappa shape index (κ1) is 10.9. The Bertz CT molecular complexity index is 284. The monoisotopic (exact) mass is 181 g/mol. The lowest BCUT2D eigenvalue weighted by atomic mass is 10.4. The van der Waals surface area contributed by atoms with Gasteiger partial charge in [0.2, 0.25) is 6.61 Å². The van der Waals surface area contributed by atoms with Crippen LogP contribution in [0.1, 0.15) is 6.92 Å². The van der Waals surface area contributed by atoms with Gasteiger partial charge in [0.25, 0.3) is 5.71 Å². The van der Waals surface area contributed by atoms with Gasteiger partial charge in [0.15, 0.2) is 0 Å². The molecule has 0 heterocycles. The summed E-state index contributed by atoms with van der Waals surface area (Å²) in [4.78, 5) is 15.1. The third-order valence-corrected chi connectivity index (χ3v) is 0.860. The molecule has 0 fully saturated rings. The van der Waals surface area contributed by atoms with Gasteiger partial charge in [-0.15, -0.1) is 0 Å². The van der Waals surface area contributed by atoms with Crippen molar-refractivity contribution in [1.29, 1.82) is 10.5 Å². The Hall–Kier alpha value is -2.08. The van der Waals surface area contributed by atoms with Gasteiger partial charge in [0.05, 0.1) is 6.61 Å². The zero-order valence-electron chi connectivity index (χ0n) is 6.98. The molecule has 0 aliphatic rings. The fourth-order valence-corrected chi connectivity index (χ4v) is 0.428. The van der Waals surface area contributed by atoms with Crippen LogP contribution in [0.4, 0.5) is 0 Å². The van der Waals surface area contributed by atoms with Crippen molar-refractivity contribution in [1.82, 2.24) is 0 Å². The Kier molecular flexibility index (Phi) is 5.56. The van der Waals surface area contributed by atoms with E-state index in [1.54, 1.807) is 13.0 Å². The molecule has 0 radical (unpaired) electrons. The van der Waals surface area contributed by atoms with Crippen LogP contribution in [0.3, 0.4) is 0 Å². The van der Waals surface area contributed by atoms with E-state index in [1.165, 1.54) is 6.07 Å². The molecule has 0 aromatic carbocycles. The van der Waals surface area contributed by atoms with E-state index in [0.29, 0.717) is 0 Å². The number of rotatable bonds is 4. The number of hydrogen-bond acceptors (Lipinski definition) is 6. The Morgan fingerprint density at radius 1 is 1.54 bits per heavy atom. The molecule has 0 saturated heterocycles. The van der Waals surface area contributed by atoms with E-state index in [4.69, 9.17) is 10.5 Å². The summed E-state index contributed by atoms with van der Waals surface area (Å²) < 4.78 is 4.47. The van der Waals surface area contributed by atoms with Crippen LogP contribution in [0.25, 0.3) is 0 Å². The second-order valence-corrected chi connectivity index (χ2v) is 1.70. The molecule has 0 aliphatic heterocycles. The number of hydrogen-bond donors (Lipinski definition) is 0. The van der Waals surface area contributed by atoms with E-state index in [1.807, 2.05) is 0 Å². The predicted molar refractivity (Wildman–Crippen MR) is 41.2 cm³/mol. The summed E-state index contributed by atoms with van der Waals surface area (Å²) in [6.07, 6.45) is 0. The van der Waals surface area contributed by atoms with E-state index in [9.17, 15) is 4.79 Å². The first-order valence-corrected chi connectivity index (χ1v) is 3.40. The standard InChI is InChI=1S/C7H7N3O3/c1-2-12-7(11)6(5-9)10-13-4-3-8/h2,4H2,1H3. The van der Waals surface area contributed by atoms with Crippen LogP contribution in [0.15, 0.2) is 5.16 Å². The highest BCUT2D eigenvalue weighted by molar-refractivity contribution is 6.42. The number of nitrogens with zero attached hydrogens (tertiary/aromatic N) is 3. The topological polar surface area (TPSA) is 95.5 Å². The Morgan fingerprint density at radius 2 is 2.23 bits per heavy atom. The maximum absolute atomic E-state index is 10.8. The zero-order valence-corrected chi connectivity index (χ0v) is 6.98. The van der Waals surface area contributed by atoms with E-state index in [2.05, 4.69) is 14.7 Å². The lowest BCUT2D eigenvalue weighted by Gasteiger charge is -1.97. The average Bonchev–Trinajstić information content (AvgIpc) is 2.13. The highest BCUT2D eigenvalue weighted by Crippen LogP contribution is 1.86. The smallest absolute Gasteiger partial charge is 0.371 e. The molecule has 6 heteroatoms. The Morgan fingerprint density at radius 3 is 2.69 bits per heavy atom. The van der Waals surface area contributed by atoms with Gasteiger partial charge in [-0.2, -0.15) is 10.5 Å². The molecule has 0 N–H and O–H groups in total. The Labute approximate surface area is 75.0 Å². The van der Waals surface area contributed by atoms with Crippen LogP contribution in [0.2, 0.25) is 0 Å². The molecule has 0 unspecified atom stereocenters. The molecule has 13 heavy (non-hydrogen) atoms. The maximum Gasteiger partial charge on any atom is 0.371 e. The number of oxime groups is 1. The van der Waals surface area contributed by atoms with Gasteiger partial charge in [0, 0.05) is 0 Å². The fourth-order valence-electron chi connectivity index (χ4n) is 0.428. The molecule has 0 atom stereocenters. The number of esters is 1. The quantitative estimate of drug-likeness (QED) is 0.262. The van der Waals surface area contributed by atoms with E-state index >= 15 is 0 Å². The molecule has 0 aromatic rings. The molecule has 0 aliphatic carbocycles. The van der Waals surface area contributed by atoms with Crippen molar-refractivity contribution >= 4 is 11.7 Å². The van der Waals surface area contributed by atoms with Crippen LogP contribution in [-0.4, -0.2) is 24.9 Å². The summed E-state index contributed by atoms with van der Waals surface area (Å²) in [6, 6.07) is 3.11. The molecule has 0 saturated carbocycles. The van der Waals surface area contributed by atoms with Gasteiger partial charge in [-0.05, 0) is 6.92 Å². The van der Waals surface area contributed by atoms with E-state index in [-0.39, 0.29) is 13.2 Å². The molecule has 6 nitrogen and oxygen atoms in total. The van der Waals surface area contributed by atoms with Gasteiger partial charge >= 0.3 is 5.97 Å². The number of carbonyl (C=O) groups excluding carboxylic acids is 1. The van der Waals surface area contributed by atoms with Crippen LogP contribution < -0.4 is 0 Å². The van der Waals surface area contributed by atoms with Crippen molar-refractivity contribution in [2.24, 2.45) is 5.16 Å². The maximum atomic E-state index is 10.8. The first-order valence-electron chi connectivity index (χ1n) is 3.40. The zero-order chi connectivity index (χ0) is 10.1. The van der Waals surface area contributed by atoms with Crippen molar-refractivity contribution in [3.05, 3.63) is 0 Å². The third kappa shape index (κ3) is 4.38. The highest BCUT2D eigenvalue weighted by Gasteiger charge is 2.12. The fraction of sp³-hybridized carbons (Fsp3) is 0.429. The van der Waals surface area contributed by atoms with Crippen molar-refractivity contribution in [2.45, 2.75) is 6.92 Å². The molecule has 0 rings (SSSR count). The van der Waals surface area contributed by atoms with Crippen LogP contribution in [0.5, 0.6) is 0 Å². The Balaban J connectivity index is 4.19. The van der Waals surface area contributed by atoms with Crippen molar-refractivity contribution in [2.75, 3.05) is 13.2 Å². The van der Waals surface area contributed by atoms with E-state index in [0.717, 1.165) is 0 Å². The minimum atomic E-state index is -0.858. The van der Waals surface area contributed by atoms with Crippen molar-refractivity contribution in [3.8, 4) is 12.1 Å². The second-order valence-electron chi connectivity index (χ2n) is 1.70. The summed E-state index contributed by atoms with van der Waals surface area (Å²) in [5.74, 6) is -0.858. The average molecular weight is 181 g/mol. The largest absolute Gasteiger partial charge is 0.461 e. The summed E-state index contributed by atoms with van der Waals surface area (Å²) >= 11 is 0. The van der Waals surface area contributed by atoms with Crippen molar-refractivity contribution < 1.29 is 14.4 Å². The summed E-state index contributed by atoms with van der Waals surface area (Å²) in [5.41, 5.74) is -0.503. The predicted octanol–water partition coefficient (Wildman–Crippen LogP) is -0.0307. The molecular weight excluding hydrogens is 174 g/mol. The summed E-state index contributed by atoms with van der Waals surface area (Å²) in [6.45, 7) is 1.44. The normalized spacial score (nSPS) is 9.62. The van der Waals surface area contributed by atoms with Crippen LogP contribution in [-0.2, 0) is 14.4 Å². The van der Waals surface area contributed by atoms with E-state index < -0.39 is 11.7 Å². The second kappa shape index (κ2) is 6.62. The van der Waals surface area contributed by atoms with Crippen LogP contribution >= 0.6 is 0 Å². The molecule has 68 valence electrons. The summed E-state index contributed by atoms with van der Waals surface area (Å²) in [7, 11) is 0. The molecule has 0 spiro atoms. The minimum absolute atomic E-state index is 0.151.